The van der Waals surface area contributed by atoms with Crippen molar-refractivity contribution in [3.05, 3.63) is 64.7 Å². The van der Waals surface area contributed by atoms with Crippen LogP contribution in [0.15, 0.2) is 53.5 Å². The summed E-state index contributed by atoms with van der Waals surface area (Å²) in [6, 6.07) is 13.6. The molecule has 0 spiro atoms. The molecule has 1 aliphatic heterocycles. The zero-order valence-corrected chi connectivity index (χ0v) is 15.0. The van der Waals surface area contributed by atoms with Crippen molar-refractivity contribution in [3.8, 4) is 0 Å². The fourth-order valence-electron chi connectivity index (χ4n) is 3.46. The third-order valence-electron chi connectivity index (χ3n) is 4.81. The third kappa shape index (κ3) is 3.64. The highest BCUT2D eigenvalue weighted by atomic mass is 16.5. The van der Waals surface area contributed by atoms with E-state index in [1.165, 1.54) is 0 Å². The fourth-order valence-corrected chi connectivity index (χ4v) is 3.46. The molecule has 27 heavy (non-hydrogen) atoms. The Kier molecular flexibility index (Phi) is 5.02. The molecule has 1 atom stereocenters. The number of fused-ring (bicyclic) bond motifs is 1. The lowest BCUT2D eigenvalue weighted by Crippen LogP contribution is -2.37. The maximum Gasteiger partial charge on any atom is 0.330 e. The summed E-state index contributed by atoms with van der Waals surface area (Å²) in [5.74, 6) is -0.110. The second-order valence-electron chi connectivity index (χ2n) is 6.64. The van der Waals surface area contributed by atoms with Crippen LogP contribution in [-0.4, -0.2) is 39.3 Å². The molecule has 7 heteroatoms. The normalized spacial score (nSPS) is 16.7. The van der Waals surface area contributed by atoms with Crippen molar-refractivity contribution in [1.82, 2.24) is 19.4 Å². The van der Waals surface area contributed by atoms with Gasteiger partial charge >= 0.3 is 5.69 Å². The summed E-state index contributed by atoms with van der Waals surface area (Å²) in [6.07, 6.45) is 2.98. The first kappa shape index (κ1) is 17.5. The first-order valence-electron chi connectivity index (χ1n) is 9.21. The van der Waals surface area contributed by atoms with E-state index in [9.17, 15) is 9.59 Å². The summed E-state index contributed by atoms with van der Waals surface area (Å²) in [5, 5.41) is 2.86. The van der Waals surface area contributed by atoms with E-state index in [2.05, 4.69) is 10.3 Å². The molecular formula is C20H22N4O3. The Morgan fingerprint density at radius 1 is 1.19 bits per heavy atom. The Morgan fingerprint density at radius 2 is 2.04 bits per heavy atom. The van der Waals surface area contributed by atoms with Crippen LogP contribution in [0.4, 0.5) is 0 Å². The number of hydrogen-bond acceptors (Lipinski definition) is 4. The first-order valence-corrected chi connectivity index (χ1v) is 9.21. The molecule has 1 aliphatic rings. The summed E-state index contributed by atoms with van der Waals surface area (Å²) in [5.41, 5.74) is 2.34. The van der Waals surface area contributed by atoms with Crippen LogP contribution in [0, 0.1) is 0 Å². The molecule has 0 saturated carbocycles. The van der Waals surface area contributed by atoms with Gasteiger partial charge in [0.1, 0.15) is 6.10 Å². The van der Waals surface area contributed by atoms with Crippen molar-refractivity contribution in [2.45, 2.75) is 32.0 Å². The number of carbonyl (C=O) groups is 1. The van der Waals surface area contributed by atoms with Gasteiger partial charge in [-0.2, -0.15) is 0 Å². The van der Waals surface area contributed by atoms with Gasteiger partial charge in [-0.25, -0.2) is 9.78 Å². The molecule has 1 fully saturated rings. The average molecular weight is 366 g/mol. The molecule has 1 N–H and O–H groups in total. The Balaban J connectivity index is 1.54. The predicted octanol–water partition coefficient (Wildman–Crippen LogP) is 1.54. The number of nitrogens with zero attached hydrogens (tertiary/aromatic N) is 3. The standard InChI is InChI=1S/C20H22N4O3/c25-19(17-9-5-13-27-17)22-11-12-23-18-16(8-4-10-21-18)24(20(23)26)14-15-6-2-1-3-7-15/h1-4,6-8,10,17H,5,9,11-14H2,(H,22,25)/t17-/m0/s1. The molecule has 1 amide bonds. The second kappa shape index (κ2) is 7.75. The smallest absolute Gasteiger partial charge is 0.330 e. The number of carbonyl (C=O) groups excluding carboxylic acids is 1. The van der Waals surface area contributed by atoms with E-state index in [-0.39, 0.29) is 17.7 Å². The predicted molar refractivity (Wildman–Crippen MR) is 102 cm³/mol. The quantitative estimate of drug-likeness (QED) is 0.718. The Labute approximate surface area is 156 Å². The number of hydrogen-bond donors (Lipinski definition) is 1. The Bertz CT molecular complexity index is 987. The highest BCUT2D eigenvalue weighted by molar-refractivity contribution is 5.81. The Hall–Kier alpha value is -2.93. The zero-order valence-electron chi connectivity index (χ0n) is 15.0. The van der Waals surface area contributed by atoms with Gasteiger partial charge in [-0.3, -0.25) is 13.9 Å². The molecule has 1 saturated heterocycles. The van der Waals surface area contributed by atoms with Gasteiger partial charge in [-0.15, -0.1) is 0 Å². The van der Waals surface area contributed by atoms with Crippen molar-refractivity contribution in [1.29, 1.82) is 0 Å². The summed E-state index contributed by atoms with van der Waals surface area (Å²) in [6.45, 7) is 1.85. The first-order chi connectivity index (χ1) is 13.2. The van der Waals surface area contributed by atoms with Crippen LogP contribution in [0.1, 0.15) is 18.4 Å². The lowest BCUT2D eigenvalue weighted by molar-refractivity contribution is -0.130. The number of ether oxygens (including phenoxy) is 1. The van der Waals surface area contributed by atoms with Crippen molar-refractivity contribution in [3.63, 3.8) is 0 Å². The van der Waals surface area contributed by atoms with Gasteiger partial charge in [0.15, 0.2) is 5.65 Å². The molecule has 0 unspecified atom stereocenters. The number of rotatable bonds is 6. The third-order valence-corrected chi connectivity index (χ3v) is 4.81. The highest BCUT2D eigenvalue weighted by Gasteiger charge is 2.23. The minimum atomic E-state index is -0.362. The van der Waals surface area contributed by atoms with Gasteiger partial charge in [0.05, 0.1) is 12.1 Å². The minimum absolute atomic E-state index is 0.110. The maximum absolute atomic E-state index is 13.0. The minimum Gasteiger partial charge on any atom is -0.368 e. The van der Waals surface area contributed by atoms with Gasteiger partial charge in [-0.1, -0.05) is 30.3 Å². The van der Waals surface area contributed by atoms with Gasteiger partial charge < -0.3 is 10.1 Å². The van der Waals surface area contributed by atoms with Gasteiger partial charge in [-0.05, 0) is 30.5 Å². The molecule has 4 rings (SSSR count). The summed E-state index contributed by atoms with van der Waals surface area (Å²) in [7, 11) is 0. The fraction of sp³-hybridized carbons (Fsp3) is 0.350. The topological polar surface area (TPSA) is 78.2 Å². The van der Waals surface area contributed by atoms with Crippen LogP contribution in [0.25, 0.3) is 11.2 Å². The van der Waals surface area contributed by atoms with Crippen LogP contribution in [0.5, 0.6) is 0 Å². The molecule has 2 aromatic heterocycles. The van der Waals surface area contributed by atoms with Crippen LogP contribution in [-0.2, 0) is 22.6 Å². The van der Waals surface area contributed by atoms with E-state index >= 15 is 0 Å². The molecule has 3 heterocycles. The number of amides is 1. The summed E-state index contributed by atoms with van der Waals surface area (Å²) in [4.78, 5) is 29.4. The molecule has 3 aromatic rings. The lowest BCUT2D eigenvalue weighted by atomic mass is 10.2. The molecule has 7 nitrogen and oxygen atoms in total. The van der Waals surface area contributed by atoms with E-state index in [0.717, 1.165) is 23.9 Å². The maximum atomic E-state index is 13.0. The van der Waals surface area contributed by atoms with E-state index < -0.39 is 0 Å². The molecule has 0 aliphatic carbocycles. The lowest BCUT2D eigenvalue weighted by Gasteiger charge is -2.10. The van der Waals surface area contributed by atoms with Gasteiger partial charge in [0, 0.05) is 25.9 Å². The number of nitrogens with one attached hydrogen (secondary N) is 1. The van der Waals surface area contributed by atoms with Crippen molar-refractivity contribution < 1.29 is 9.53 Å². The monoisotopic (exact) mass is 366 g/mol. The zero-order chi connectivity index (χ0) is 18.6. The number of pyridine rings is 1. The van der Waals surface area contributed by atoms with Gasteiger partial charge in [0.25, 0.3) is 0 Å². The Morgan fingerprint density at radius 3 is 2.81 bits per heavy atom. The molecule has 140 valence electrons. The van der Waals surface area contributed by atoms with E-state index in [4.69, 9.17) is 4.74 Å². The number of imidazole rings is 1. The van der Waals surface area contributed by atoms with E-state index in [0.29, 0.717) is 31.9 Å². The average Bonchev–Trinajstić information content (AvgIpc) is 3.32. The van der Waals surface area contributed by atoms with Crippen molar-refractivity contribution in [2.75, 3.05) is 13.2 Å². The molecular weight excluding hydrogens is 344 g/mol. The van der Waals surface area contributed by atoms with Crippen molar-refractivity contribution >= 4 is 17.1 Å². The van der Waals surface area contributed by atoms with E-state index in [1.807, 2.05) is 42.5 Å². The molecule has 0 radical (unpaired) electrons. The molecule has 0 bridgehead atoms. The highest BCUT2D eigenvalue weighted by Crippen LogP contribution is 2.13. The van der Waals surface area contributed by atoms with Crippen molar-refractivity contribution in [2.24, 2.45) is 0 Å². The second-order valence-corrected chi connectivity index (χ2v) is 6.64. The molecule has 1 aromatic carbocycles. The summed E-state index contributed by atoms with van der Waals surface area (Å²) < 4.78 is 8.73. The number of aromatic nitrogens is 3. The summed E-state index contributed by atoms with van der Waals surface area (Å²) >= 11 is 0. The van der Waals surface area contributed by atoms with Crippen LogP contribution in [0.3, 0.4) is 0 Å². The number of benzene rings is 1. The van der Waals surface area contributed by atoms with E-state index in [1.54, 1.807) is 15.3 Å². The van der Waals surface area contributed by atoms with Crippen LogP contribution >= 0.6 is 0 Å². The van der Waals surface area contributed by atoms with Crippen LogP contribution in [0.2, 0.25) is 0 Å². The van der Waals surface area contributed by atoms with Crippen LogP contribution < -0.4 is 11.0 Å². The SMILES string of the molecule is O=C(NCCn1c(=O)n(Cc2ccccc2)c2cccnc21)[C@@H]1CCCO1. The van der Waals surface area contributed by atoms with Gasteiger partial charge in [0.2, 0.25) is 5.91 Å². The largest absolute Gasteiger partial charge is 0.368 e.